The van der Waals surface area contributed by atoms with Gasteiger partial charge in [-0.2, -0.15) is 0 Å². The number of aliphatic hydroxyl groups is 1. The van der Waals surface area contributed by atoms with Crippen LogP contribution in [0.5, 0.6) is 11.5 Å². The molecule has 0 unspecified atom stereocenters. The summed E-state index contributed by atoms with van der Waals surface area (Å²) in [5.74, 6) is 0.701. The molecule has 1 heterocycles. The summed E-state index contributed by atoms with van der Waals surface area (Å²) in [6.45, 7) is 0.943. The highest BCUT2D eigenvalue weighted by Gasteiger charge is 2.41. The van der Waals surface area contributed by atoms with Crippen LogP contribution in [0.25, 0.3) is 0 Å². The van der Waals surface area contributed by atoms with Crippen LogP contribution in [0.4, 0.5) is 4.39 Å². The van der Waals surface area contributed by atoms with Crippen LogP contribution in [-0.2, 0) is 6.42 Å². The van der Waals surface area contributed by atoms with Gasteiger partial charge in [-0.1, -0.05) is 0 Å². The van der Waals surface area contributed by atoms with Gasteiger partial charge in [-0.15, -0.1) is 0 Å². The van der Waals surface area contributed by atoms with E-state index in [1.54, 1.807) is 6.07 Å². The molecular weight excluding hydrogens is 211 g/mol. The van der Waals surface area contributed by atoms with Gasteiger partial charge in [0, 0.05) is 12.5 Å². The van der Waals surface area contributed by atoms with Gasteiger partial charge in [0.15, 0.2) is 11.5 Å². The Morgan fingerprint density at radius 2 is 1.81 bits per heavy atom. The van der Waals surface area contributed by atoms with E-state index < -0.39 is 5.60 Å². The van der Waals surface area contributed by atoms with E-state index in [-0.39, 0.29) is 5.82 Å². The molecule has 2 aliphatic rings. The second kappa shape index (κ2) is 3.35. The molecule has 4 heteroatoms. The summed E-state index contributed by atoms with van der Waals surface area (Å²) in [5, 5.41) is 9.77. The number of rotatable bonds is 2. The Hall–Kier alpha value is -1.29. The molecule has 86 valence electrons. The number of hydrogen-bond donors (Lipinski definition) is 1. The number of benzene rings is 1. The van der Waals surface area contributed by atoms with Crippen molar-refractivity contribution in [3.63, 3.8) is 0 Å². The maximum absolute atomic E-state index is 13.7. The highest BCUT2D eigenvalue weighted by molar-refractivity contribution is 5.45. The minimum Gasteiger partial charge on any atom is -0.486 e. The van der Waals surface area contributed by atoms with Crippen molar-refractivity contribution in [2.45, 2.75) is 24.9 Å². The molecule has 0 saturated heterocycles. The molecule has 3 rings (SSSR count). The molecule has 0 bridgehead atoms. The molecule has 0 radical (unpaired) electrons. The molecule has 0 atom stereocenters. The van der Waals surface area contributed by atoms with E-state index in [9.17, 15) is 9.50 Å². The van der Waals surface area contributed by atoms with Crippen LogP contribution in [0, 0.1) is 5.82 Å². The van der Waals surface area contributed by atoms with Gasteiger partial charge in [0.25, 0.3) is 0 Å². The molecule has 1 aliphatic carbocycles. The molecule has 1 N–H and O–H groups in total. The van der Waals surface area contributed by atoms with Crippen LogP contribution >= 0.6 is 0 Å². The molecule has 0 spiro atoms. The second-order valence-electron chi connectivity index (χ2n) is 4.49. The molecule has 1 fully saturated rings. The molecule has 0 amide bonds. The van der Waals surface area contributed by atoms with Crippen molar-refractivity contribution in [1.82, 2.24) is 0 Å². The first-order valence-corrected chi connectivity index (χ1v) is 5.47. The summed E-state index contributed by atoms with van der Waals surface area (Å²) >= 11 is 0. The number of hydrogen-bond acceptors (Lipinski definition) is 3. The quantitative estimate of drug-likeness (QED) is 0.830. The summed E-state index contributed by atoms with van der Waals surface area (Å²) in [5.41, 5.74) is -0.186. The SMILES string of the molecule is OC1(Cc2cc3c(cc2F)OCCO3)CC1. The lowest BCUT2D eigenvalue weighted by atomic mass is 10.0. The van der Waals surface area contributed by atoms with E-state index in [1.165, 1.54) is 6.07 Å². The molecule has 1 aliphatic heterocycles. The molecule has 16 heavy (non-hydrogen) atoms. The van der Waals surface area contributed by atoms with E-state index in [1.807, 2.05) is 0 Å². The Kier molecular flexibility index (Phi) is 2.07. The van der Waals surface area contributed by atoms with Crippen LogP contribution in [0.3, 0.4) is 0 Å². The zero-order valence-electron chi connectivity index (χ0n) is 8.83. The lowest BCUT2D eigenvalue weighted by molar-refractivity contribution is 0.148. The topological polar surface area (TPSA) is 38.7 Å². The maximum Gasteiger partial charge on any atom is 0.164 e. The zero-order valence-corrected chi connectivity index (χ0v) is 8.83. The van der Waals surface area contributed by atoms with Gasteiger partial charge in [-0.25, -0.2) is 4.39 Å². The second-order valence-corrected chi connectivity index (χ2v) is 4.49. The summed E-state index contributed by atoms with van der Waals surface area (Å²) < 4.78 is 24.3. The van der Waals surface area contributed by atoms with Gasteiger partial charge in [0.2, 0.25) is 0 Å². The van der Waals surface area contributed by atoms with Crippen molar-refractivity contribution in [2.75, 3.05) is 13.2 Å². The number of ether oxygens (including phenoxy) is 2. The van der Waals surface area contributed by atoms with Crippen molar-refractivity contribution in [2.24, 2.45) is 0 Å². The normalized spacial score (nSPS) is 20.6. The van der Waals surface area contributed by atoms with Gasteiger partial charge in [-0.3, -0.25) is 0 Å². The largest absolute Gasteiger partial charge is 0.486 e. The molecule has 1 aromatic rings. The van der Waals surface area contributed by atoms with Gasteiger partial charge in [0.1, 0.15) is 19.0 Å². The molecule has 1 aromatic carbocycles. The Morgan fingerprint density at radius 1 is 1.19 bits per heavy atom. The van der Waals surface area contributed by atoms with Gasteiger partial charge < -0.3 is 14.6 Å². The summed E-state index contributed by atoms with van der Waals surface area (Å²) in [6, 6.07) is 2.98. The maximum atomic E-state index is 13.7. The lowest BCUT2D eigenvalue weighted by Gasteiger charge is -2.20. The fourth-order valence-electron chi connectivity index (χ4n) is 1.92. The van der Waals surface area contributed by atoms with Crippen molar-refractivity contribution in [1.29, 1.82) is 0 Å². The zero-order chi connectivity index (χ0) is 11.2. The Balaban J connectivity index is 1.92. The first-order valence-electron chi connectivity index (χ1n) is 5.47. The van der Waals surface area contributed by atoms with E-state index in [4.69, 9.17) is 9.47 Å². The summed E-state index contributed by atoms with van der Waals surface area (Å²) in [7, 11) is 0. The summed E-state index contributed by atoms with van der Waals surface area (Å²) in [6.07, 6.45) is 1.86. The minimum absolute atomic E-state index is 0.329. The predicted molar refractivity (Wildman–Crippen MR) is 55.3 cm³/mol. The van der Waals surface area contributed by atoms with E-state index in [2.05, 4.69) is 0 Å². The Bertz CT molecular complexity index is 427. The highest BCUT2D eigenvalue weighted by Crippen LogP contribution is 2.41. The average Bonchev–Trinajstić information content (AvgIpc) is 2.97. The third-order valence-electron chi connectivity index (χ3n) is 3.06. The molecule has 1 saturated carbocycles. The first kappa shape index (κ1) is 9.90. The van der Waals surface area contributed by atoms with E-state index in [0.717, 1.165) is 12.8 Å². The molecule has 3 nitrogen and oxygen atoms in total. The van der Waals surface area contributed by atoms with Crippen LogP contribution < -0.4 is 9.47 Å². The van der Waals surface area contributed by atoms with Crippen LogP contribution in [0.2, 0.25) is 0 Å². The standard InChI is InChI=1S/C12H13FO3/c13-9-6-11-10(15-3-4-16-11)5-8(9)7-12(14)1-2-12/h5-6,14H,1-4,7H2. The smallest absolute Gasteiger partial charge is 0.164 e. The Morgan fingerprint density at radius 3 is 2.44 bits per heavy atom. The van der Waals surface area contributed by atoms with Crippen LogP contribution in [0.15, 0.2) is 12.1 Å². The average molecular weight is 224 g/mol. The van der Waals surface area contributed by atoms with E-state index >= 15 is 0 Å². The third-order valence-corrected chi connectivity index (χ3v) is 3.06. The lowest BCUT2D eigenvalue weighted by Crippen LogP contribution is -2.17. The first-order chi connectivity index (χ1) is 7.66. The van der Waals surface area contributed by atoms with Crippen molar-refractivity contribution in [3.05, 3.63) is 23.5 Å². The highest BCUT2D eigenvalue weighted by atomic mass is 19.1. The van der Waals surface area contributed by atoms with Crippen LogP contribution in [0.1, 0.15) is 18.4 Å². The van der Waals surface area contributed by atoms with Gasteiger partial charge >= 0.3 is 0 Å². The van der Waals surface area contributed by atoms with Gasteiger partial charge in [-0.05, 0) is 24.5 Å². The molecular formula is C12H13FO3. The van der Waals surface area contributed by atoms with Gasteiger partial charge in [0.05, 0.1) is 5.60 Å². The predicted octanol–water partition coefficient (Wildman–Crippen LogP) is 1.66. The van der Waals surface area contributed by atoms with Crippen molar-refractivity contribution in [3.8, 4) is 11.5 Å². The van der Waals surface area contributed by atoms with E-state index in [0.29, 0.717) is 36.7 Å². The minimum atomic E-state index is -0.690. The third kappa shape index (κ3) is 1.73. The Labute approximate surface area is 92.8 Å². The fraction of sp³-hybridized carbons (Fsp3) is 0.500. The van der Waals surface area contributed by atoms with Crippen molar-refractivity contribution >= 4 is 0 Å². The number of fused-ring (bicyclic) bond motifs is 1. The number of halogens is 1. The summed E-state index contributed by atoms with van der Waals surface area (Å²) in [4.78, 5) is 0. The van der Waals surface area contributed by atoms with Crippen molar-refractivity contribution < 1.29 is 19.0 Å². The van der Waals surface area contributed by atoms with Crippen LogP contribution in [-0.4, -0.2) is 23.9 Å². The fourth-order valence-corrected chi connectivity index (χ4v) is 1.92. The molecule has 0 aromatic heterocycles. The monoisotopic (exact) mass is 224 g/mol.